The molecule has 0 radical (unpaired) electrons. The Morgan fingerprint density at radius 2 is 0.568 bits per heavy atom. The van der Waals surface area contributed by atoms with Crippen molar-refractivity contribution in [1.82, 2.24) is 5.32 Å². The van der Waals surface area contributed by atoms with E-state index in [0.717, 1.165) is 44.9 Å². The average Bonchev–Trinajstić information content (AvgIpc) is 3.40. The van der Waals surface area contributed by atoms with Crippen molar-refractivity contribution in [3.63, 3.8) is 0 Å². The first-order valence-electron chi connectivity index (χ1n) is 33.5. The number of carbonyl (C=O) groups is 1. The fraction of sp³-hybridized carbons (Fsp3) is 0.843. The molecule has 0 fully saturated rings. The summed E-state index contributed by atoms with van der Waals surface area (Å²) in [4.78, 5) is 12.5. The first-order chi connectivity index (χ1) is 36.7. The Balaban J connectivity index is 3.48. The third-order valence-electron chi connectivity index (χ3n) is 15.5. The van der Waals surface area contributed by atoms with Gasteiger partial charge in [-0.1, -0.05) is 344 Å². The molecule has 0 aromatic carbocycles. The average molecular weight is 1030 g/mol. The van der Waals surface area contributed by atoms with Gasteiger partial charge in [0, 0.05) is 6.42 Å². The highest BCUT2D eigenvalue weighted by Gasteiger charge is 2.18. The number of nitrogens with one attached hydrogen (secondary N) is 1. The van der Waals surface area contributed by atoms with Crippen molar-refractivity contribution in [3.05, 3.63) is 60.8 Å². The maximum Gasteiger partial charge on any atom is 0.220 e. The molecule has 3 N–H and O–H groups in total. The lowest BCUT2D eigenvalue weighted by Crippen LogP contribution is -2.45. The second-order valence-corrected chi connectivity index (χ2v) is 22.9. The van der Waals surface area contributed by atoms with Crippen LogP contribution in [-0.4, -0.2) is 34.9 Å². The maximum atomic E-state index is 12.5. The summed E-state index contributed by atoms with van der Waals surface area (Å²) in [5, 5.41) is 23.2. The highest BCUT2D eigenvalue weighted by atomic mass is 16.3. The molecule has 0 heterocycles. The lowest BCUT2D eigenvalue weighted by atomic mass is 10.0. The molecule has 74 heavy (non-hydrogen) atoms. The van der Waals surface area contributed by atoms with Crippen LogP contribution in [0, 0.1) is 0 Å². The summed E-state index contributed by atoms with van der Waals surface area (Å²) < 4.78 is 0. The summed E-state index contributed by atoms with van der Waals surface area (Å²) in [6, 6.07) is -0.643. The smallest absolute Gasteiger partial charge is 0.220 e. The van der Waals surface area contributed by atoms with Gasteiger partial charge in [0.1, 0.15) is 0 Å². The Kier molecular flexibility index (Phi) is 63.7. The van der Waals surface area contributed by atoms with Gasteiger partial charge in [-0.2, -0.15) is 0 Å². The van der Waals surface area contributed by atoms with Crippen molar-refractivity contribution in [1.29, 1.82) is 0 Å². The van der Waals surface area contributed by atoms with Crippen LogP contribution in [0.3, 0.4) is 0 Å². The zero-order valence-electron chi connectivity index (χ0n) is 50.1. The van der Waals surface area contributed by atoms with Gasteiger partial charge in [0.25, 0.3) is 0 Å². The molecule has 0 aromatic heterocycles. The van der Waals surface area contributed by atoms with Gasteiger partial charge in [-0.05, 0) is 70.6 Å². The minimum Gasteiger partial charge on any atom is -0.394 e. The van der Waals surface area contributed by atoms with E-state index in [9.17, 15) is 15.0 Å². The second kappa shape index (κ2) is 65.4. The fourth-order valence-electron chi connectivity index (χ4n) is 10.4. The number of carbonyl (C=O) groups excluding carboxylic acids is 1. The molecule has 0 saturated carbocycles. The zero-order chi connectivity index (χ0) is 53.4. The van der Waals surface area contributed by atoms with Crippen LogP contribution in [0.4, 0.5) is 0 Å². The predicted octanol–water partition coefficient (Wildman–Crippen LogP) is 22.7. The third kappa shape index (κ3) is 60.9. The van der Waals surface area contributed by atoms with Gasteiger partial charge >= 0.3 is 0 Å². The first kappa shape index (κ1) is 72.1. The molecule has 434 valence electrons. The zero-order valence-corrected chi connectivity index (χ0v) is 50.1. The van der Waals surface area contributed by atoms with Crippen LogP contribution in [0.5, 0.6) is 0 Å². The predicted molar refractivity (Wildman–Crippen MR) is 331 cm³/mol. The van der Waals surface area contributed by atoms with Gasteiger partial charge < -0.3 is 15.5 Å². The van der Waals surface area contributed by atoms with Crippen molar-refractivity contribution in [2.45, 2.75) is 373 Å². The van der Waals surface area contributed by atoms with Crippen molar-refractivity contribution >= 4 is 5.91 Å². The number of allylic oxidation sites excluding steroid dienone is 9. The molecule has 4 nitrogen and oxygen atoms in total. The minimum absolute atomic E-state index is 0.0710. The molecule has 0 spiro atoms. The van der Waals surface area contributed by atoms with E-state index in [2.05, 4.69) is 67.8 Å². The molecule has 0 rings (SSSR count). The van der Waals surface area contributed by atoms with E-state index in [1.165, 1.54) is 295 Å². The normalized spacial score (nSPS) is 13.1. The molecular formula is C70H131NO3. The molecular weight excluding hydrogens is 903 g/mol. The first-order valence-corrected chi connectivity index (χ1v) is 33.5. The molecule has 2 atom stereocenters. The summed E-state index contributed by atoms with van der Waals surface area (Å²) in [6.45, 7) is 4.32. The second-order valence-electron chi connectivity index (χ2n) is 22.9. The number of unbranched alkanes of at least 4 members (excludes halogenated alkanes) is 47. The quantitative estimate of drug-likeness (QED) is 0.0420. The molecule has 0 saturated heterocycles. The van der Waals surface area contributed by atoms with Crippen LogP contribution in [0.2, 0.25) is 0 Å². The standard InChI is InChI=1S/C70H131NO3/c1-3-5-7-9-11-13-15-17-19-21-23-25-27-29-31-33-34-35-36-38-39-41-43-45-47-49-51-53-55-57-59-61-63-65-69(73)68(67-72)71-70(74)66-64-62-60-58-56-54-52-50-48-46-44-42-40-37-32-30-28-26-24-22-20-18-16-14-12-10-8-6-4-2/h16,18,22,24,28,30,55,57,63,65,68-69,72-73H,3-15,17,19-21,23,25-27,29,31-54,56,58-62,64,66-67H2,1-2H3,(H,71,74)/b18-16-,24-22-,30-28-,57-55+,65-63+. The van der Waals surface area contributed by atoms with E-state index in [1.807, 2.05) is 6.08 Å². The highest BCUT2D eigenvalue weighted by molar-refractivity contribution is 5.76. The topological polar surface area (TPSA) is 69.6 Å². The van der Waals surface area contributed by atoms with E-state index in [1.54, 1.807) is 6.08 Å². The molecule has 0 aliphatic rings. The number of aliphatic hydroxyl groups is 2. The van der Waals surface area contributed by atoms with Crippen molar-refractivity contribution < 1.29 is 15.0 Å². The molecule has 0 bridgehead atoms. The number of amides is 1. The monoisotopic (exact) mass is 1030 g/mol. The Hall–Kier alpha value is -1.91. The lowest BCUT2D eigenvalue weighted by Gasteiger charge is -2.19. The number of rotatable bonds is 62. The Morgan fingerprint density at radius 1 is 0.324 bits per heavy atom. The summed E-state index contributed by atoms with van der Waals surface area (Å²) >= 11 is 0. The minimum atomic E-state index is -0.866. The van der Waals surface area contributed by atoms with Crippen LogP contribution >= 0.6 is 0 Å². The SMILES string of the molecule is CCCCCCC/C=C\C/C=C\C/C=C\CCCCCCCCCCCCCCCCC(=O)NC(CO)C(O)/C=C/CC/C=C/CCCCCCCCCCCCCCCCCCCCCCCCCCCCC. The van der Waals surface area contributed by atoms with E-state index >= 15 is 0 Å². The summed E-state index contributed by atoms with van der Waals surface area (Å²) in [7, 11) is 0. The van der Waals surface area contributed by atoms with Crippen LogP contribution in [0.15, 0.2) is 60.8 Å². The largest absolute Gasteiger partial charge is 0.394 e. The molecule has 0 aromatic rings. The molecule has 0 aliphatic carbocycles. The molecule has 0 aliphatic heterocycles. The summed E-state index contributed by atoms with van der Waals surface area (Å²) in [6.07, 6.45) is 93.0. The van der Waals surface area contributed by atoms with Gasteiger partial charge in [0.2, 0.25) is 5.91 Å². The van der Waals surface area contributed by atoms with Crippen LogP contribution in [0.25, 0.3) is 0 Å². The fourth-order valence-corrected chi connectivity index (χ4v) is 10.4. The van der Waals surface area contributed by atoms with E-state index < -0.39 is 12.1 Å². The Labute approximate surface area is 464 Å². The van der Waals surface area contributed by atoms with E-state index in [0.29, 0.717) is 6.42 Å². The molecule has 1 amide bonds. The number of hydrogen-bond acceptors (Lipinski definition) is 3. The van der Waals surface area contributed by atoms with Crippen molar-refractivity contribution in [3.8, 4) is 0 Å². The van der Waals surface area contributed by atoms with Gasteiger partial charge in [-0.25, -0.2) is 0 Å². The Bertz CT molecular complexity index is 1220. The van der Waals surface area contributed by atoms with Crippen molar-refractivity contribution in [2.75, 3.05) is 6.61 Å². The number of aliphatic hydroxyl groups excluding tert-OH is 2. The third-order valence-corrected chi connectivity index (χ3v) is 15.5. The molecule has 2 unspecified atom stereocenters. The van der Waals surface area contributed by atoms with Crippen LogP contribution in [-0.2, 0) is 4.79 Å². The van der Waals surface area contributed by atoms with E-state index in [-0.39, 0.29) is 12.5 Å². The van der Waals surface area contributed by atoms with Gasteiger partial charge in [-0.15, -0.1) is 0 Å². The highest BCUT2D eigenvalue weighted by Crippen LogP contribution is 2.18. The van der Waals surface area contributed by atoms with Gasteiger partial charge in [0.15, 0.2) is 0 Å². The van der Waals surface area contributed by atoms with E-state index in [4.69, 9.17) is 0 Å². The van der Waals surface area contributed by atoms with Gasteiger partial charge in [0.05, 0.1) is 18.8 Å². The van der Waals surface area contributed by atoms with Gasteiger partial charge in [-0.3, -0.25) is 4.79 Å². The summed E-state index contributed by atoms with van der Waals surface area (Å²) in [5.41, 5.74) is 0. The number of hydrogen-bond donors (Lipinski definition) is 3. The van der Waals surface area contributed by atoms with Crippen LogP contribution in [0.1, 0.15) is 361 Å². The maximum absolute atomic E-state index is 12.5. The summed E-state index contributed by atoms with van der Waals surface area (Å²) in [5.74, 6) is -0.0710. The Morgan fingerprint density at radius 3 is 0.878 bits per heavy atom. The molecule has 4 heteroatoms. The van der Waals surface area contributed by atoms with Crippen LogP contribution < -0.4 is 5.32 Å². The van der Waals surface area contributed by atoms with Crippen molar-refractivity contribution in [2.24, 2.45) is 0 Å². The lowest BCUT2D eigenvalue weighted by molar-refractivity contribution is -0.123.